The Morgan fingerprint density at radius 1 is 1.12 bits per heavy atom. The lowest BCUT2D eigenvalue weighted by molar-refractivity contribution is 0.268. The summed E-state index contributed by atoms with van der Waals surface area (Å²) in [6.07, 6.45) is 1.75. The van der Waals surface area contributed by atoms with Gasteiger partial charge in [-0.1, -0.05) is 6.92 Å². The number of aromatic nitrogens is 2. The number of nitrogens with one attached hydrogen (secondary N) is 1. The summed E-state index contributed by atoms with van der Waals surface area (Å²) >= 11 is 0. The average molecular weight is 366 g/mol. The van der Waals surface area contributed by atoms with E-state index < -0.39 is 10.0 Å². The van der Waals surface area contributed by atoms with Crippen molar-refractivity contribution < 1.29 is 8.42 Å². The monoisotopic (exact) mass is 366 g/mol. The Hall–Kier alpha value is -1.64. The second-order valence-corrected chi connectivity index (χ2v) is 8.64. The number of hydrogen-bond acceptors (Lipinski definition) is 4. The van der Waals surface area contributed by atoms with Gasteiger partial charge in [0.15, 0.2) is 0 Å². The van der Waals surface area contributed by atoms with Gasteiger partial charge in [-0.3, -0.25) is 9.13 Å². The fourth-order valence-electron chi connectivity index (χ4n) is 3.50. The van der Waals surface area contributed by atoms with Crippen LogP contribution in [0.25, 0.3) is 11.0 Å². The summed E-state index contributed by atoms with van der Waals surface area (Å²) in [4.78, 5) is 12.3. The molecular weight excluding hydrogens is 340 g/mol. The number of nitrogens with zero attached hydrogens (tertiary/aromatic N) is 3. The molecule has 0 spiro atoms. The third kappa shape index (κ3) is 3.26. The zero-order chi connectivity index (χ0) is 18.2. The summed E-state index contributed by atoms with van der Waals surface area (Å²) in [6, 6.07) is 4.92. The molecule has 0 amide bonds. The topological polar surface area (TPSA) is 76.3 Å². The Bertz CT molecular complexity index is 921. The number of rotatable bonds is 5. The number of hydrogen-bond donors (Lipinski definition) is 1. The molecule has 25 heavy (non-hydrogen) atoms. The van der Waals surface area contributed by atoms with E-state index in [2.05, 4.69) is 12.2 Å². The van der Waals surface area contributed by atoms with E-state index in [4.69, 9.17) is 0 Å². The predicted octanol–water partition coefficient (Wildman–Crippen LogP) is 0.887. The van der Waals surface area contributed by atoms with E-state index in [0.29, 0.717) is 24.5 Å². The highest BCUT2D eigenvalue weighted by Gasteiger charge is 2.29. The molecule has 0 bridgehead atoms. The number of benzene rings is 1. The van der Waals surface area contributed by atoms with Crippen molar-refractivity contribution in [2.75, 3.05) is 26.2 Å². The fraction of sp³-hybridized carbons (Fsp3) is 0.588. The van der Waals surface area contributed by atoms with Crippen LogP contribution in [-0.2, 0) is 24.1 Å². The van der Waals surface area contributed by atoms with Crippen molar-refractivity contribution in [3.63, 3.8) is 0 Å². The smallest absolute Gasteiger partial charge is 0.317 e. The van der Waals surface area contributed by atoms with E-state index in [0.717, 1.165) is 31.4 Å². The molecule has 1 fully saturated rings. The molecular formula is C17H26N4O3S. The van der Waals surface area contributed by atoms with E-state index in [-0.39, 0.29) is 10.6 Å². The first-order valence-corrected chi connectivity index (χ1v) is 10.2. The molecule has 1 aliphatic rings. The molecule has 0 atom stereocenters. The van der Waals surface area contributed by atoms with E-state index in [9.17, 15) is 13.2 Å². The third-order valence-corrected chi connectivity index (χ3v) is 7.03. The van der Waals surface area contributed by atoms with Crippen molar-refractivity contribution in [2.45, 2.75) is 24.7 Å². The van der Waals surface area contributed by atoms with Crippen molar-refractivity contribution in [2.24, 2.45) is 20.0 Å². The lowest BCUT2D eigenvalue weighted by atomic mass is 9.98. The molecule has 2 heterocycles. The third-order valence-electron chi connectivity index (χ3n) is 5.14. The van der Waals surface area contributed by atoms with Gasteiger partial charge in [0.2, 0.25) is 10.0 Å². The Labute approximate surface area is 148 Å². The summed E-state index contributed by atoms with van der Waals surface area (Å²) in [7, 11) is -0.181. The maximum absolute atomic E-state index is 13.0. The van der Waals surface area contributed by atoms with Gasteiger partial charge in [-0.2, -0.15) is 4.31 Å². The van der Waals surface area contributed by atoms with Gasteiger partial charge in [0, 0.05) is 27.2 Å². The molecule has 7 nitrogen and oxygen atoms in total. The quantitative estimate of drug-likeness (QED) is 0.853. The normalized spacial score (nSPS) is 17.4. The average Bonchev–Trinajstić information content (AvgIpc) is 2.84. The molecule has 0 aliphatic carbocycles. The van der Waals surface area contributed by atoms with Crippen molar-refractivity contribution in [1.82, 2.24) is 18.8 Å². The van der Waals surface area contributed by atoms with E-state index >= 15 is 0 Å². The second kappa shape index (κ2) is 6.93. The summed E-state index contributed by atoms with van der Waals surface area (Å²) in [5.41, 5.74) is 1.21. The van der Waals surface area contributed by atoms with Gasteiger partial charge < -0.3 is 5.32 Å². The molecule has 138 valence electrons. The van der Waals surface area contributed by atoms with Gasteiger partial charge in [-0.25, -0.2) is 13.2 Å². The number of imidazole rings is 1. The fourth-order valence-corrected chi connectivity index (χ4v) is 4.99. The molecule has 0 unspecified atom stereocenters. The SMILES string of the molecule is CCNCC1CCN(S(=O)(=O)c2ccc3c(c2)n(C)c(=O)n3C)CC1. The standard InChI is InChI=1S/C17H26N4O3S/c1-4-18-12-13-7-9-21(10-8-13)25(23,24)14-5-6-15-16(11-14)20(3)17(22)19(15)2/h5-6,11,13,18H,4,7-10,12H2,1-3H3. The first kappa shape index (κ1) is 18.2. The van der Waals surface area contributed by atoms with Crippen molar-refractivity contribution in [3.05, 3.63) is 28.7 Å². The number of aryl methyl sites for hydroxylation is 2. The maximum atomic E-state index is 13.0. The highest BCUT2D eigenvalue weighted by molar-refractivity contribution is 7.89. The molecule has 0 saturated carbocycles. The molecule has 3 rings (SSSR count). The Morgan fingerprint density at radius 3 is 2.40 bits per heavy atom. The second-order valence-electron chi connectivity index (χ2n) is 6.71. The highest BCUT2D eigenvalue weighted by Crippen LogP contribution is 2.25. The Kier molecular flexibility index (Phi) is 5.04. The van der Waals surface area contributed by atoms with Crippen LogP contribution in [0.3, 0.4) is 0 Å². The lowest BCUT2D eigenvalue weighted by Crippen LogP contribution is -2.40. The van der Waals surface area contributed by atoms with Crippen molar-refractivity contribution in [3.8, 4) is 0 Å². The minimum Gasteiger partial charge on any atom is -0.317 e. The minimum atomic E-state index is -3.53. The van der Waals surface area contributed by atoms with Crippen LogP contribution < -0.4 is 11.0 Å². The van der Waals surface area contributed by atoms with E-state index in [1.807, 2.05) is 0 Å². The van der Waals surface area contributed by atoms with Crippen LogP contribution in [0.15, 0.2) is 27.9 Å². The predicted molar refractivity (Wildman–Crippen MR) is 98.2 cm³/mol. The van der Waals surface area contributed by atoms with Gasteiger partial charge in [0.1, 0.15) is 0 Å². The summed E-state index contributed by atoms with van der Waals surface area (Å²) < 4.78 is 30.5. The highest BCUT2D eigenvalue weighted by atomic mass is 32.2. The van der Waals surface area contributed by atoms with Crippen LogP contribution in [0.2, 0.25) is 0 Å². The number of fused-ring (bicyclic) bond motifs is 1. The van der Waals surface area contributed by atoms with Crippen molar-refractivity contribution >= 4 is 21.1 Å². The zero-order valence-electron chi connectivity index (χ0n) is 15.0. The summed E-state index contributed by atoms with van der Waals surface area (Å²) in [6.45, 7) is 5.05. The Morgan fingerprint density at radius 2 is 1.76 bits per heavy atom. The minimum absolute atomic E-state index is 0.159. The van der Waals surface area contributed by atoms with Gasteiger partial charge in [0.05, 0.1) is 15.9 Å². The van der Waals surface area contributed by atoms with E-state index in [1.54, 1.807) is 36.6 Å². The molecule has 1 aromatic heterocycles. The summed E-state index contributed by atoms with van der Waals surface area (Å²) in [5.74, 6) is 0.531. The molecule has 2 aromatic rings. The summed E-state index contributed by atoms with van der Waals surface area (Å²) in [5, 5.41) is 3.33. The van der Waals surface area contributed by atoms with E-state index in [1.165, 1.54) is 9.13 Å². The van der Waals surface area contributed by atoms with Crippen LogP contribution in [-0.4, -0.2) is 48.0 Å². The largest absolute Gasteiger partial charge is 0.328 e. The van der Waals surface area contributed by atoms with Gasteiger partial charge in [-0.15, -0.1) is 0 Å². The molecule has 1 saturated heterocycles. The van der Waals surface area contributed by atoms with Crippen LogP contribution in [0.1, 0.15) is 19.8 Å². The molecule has 1 N–H and O–H groups in total. The van der Waals surface area contributed by atoms with Crippen LogP contribution >= 0.6 is 0 Å². The van der Waals surface area contributed by atoms with Gasteiger partial charge >= 0.3 is 5.69 Å². The maximum Gasteiger partial charge on any atom is 0.328 e. The molecule has 8 heteroatoms. The van der Waals surface area contributed by atoms with Crippen LogP contribution in [0.5, 0.6) is 0 Å². The van der Waals surface area contributed by atoms with Crippen LogP contribution in [0.4, 0.5) is 0 Å². The molecule has 1 aliphatic heterocycles. The van der Waals surface area contributed by atoms with Crippen LogP contribution in [0, 0.1) is 5.92 Å². The molecule has 0 radical (unpaired) electrons. The Balaban J connectivity index is 1.85. The zero-order valence-corrected chi connectivity index (χ0v) is 15.8. The number of sulfonamides is 1. The van der Waals surface area contributed by atoms with Crippen molar-refractivity contribution in [1.29, 1.82) is 0 Å². The molecule has 1 aromatic carbocycles. The number of piperidine rings is 1. The lowest BCUT2D eigenvalue weighted by Gasteiger charge is -2.31. The van der Waals surface area contributed by atoms with Gasteiger partial charge in [-0.05, 0) is 50.0 Å². The van der Waals surface area contributed by atoms with Gasteiger partial charge in [0.25, 0.3) is 0 Å². The first-order chi connectivity index (χ1) is 11.9. The first-order valence-electron chi connectivity index (χ1n) is 8.72.